The lowest BCUT2D eigenvalue weighted by Gasteiger charge is -2.03. The average molecular weight is 322 g/mol. The molecule has 0 radical (unpaired) electrons. The van der Waals surface area contributed by atoms with E-state index in [1.807, 2.05) is 18.3 Å². The normalized spacial score (nSPS) is 10.4. The van der Waals surface area contributed by atoms with Crippen LogP contribution in [0.5, 0.6) is 0 Å². The van der Waals surface area contributed by atoms with Crippen molar-refractivity contribution in [1.82, 2.24) is 10.3 Å². The van der Waals surface area contributed by atoms with Gasteiger partial charge in [-0.05, 0) is 47.4 Å². The maximum atomic E-state index is 4.28. The molecule has 78 valence electrons. The third-order valence-corrected chi connectivity index (χ3v) is 2.86. The summed E-state index contributed by atoms with van der Waals surface area (Å²) in [5.74, 6) is 0. The molecule has 1 heterocycles. The molecule has 14 heavy (non-hydrogen) atoms. The van der Waals surface area contributed by atoms with Gasteiger partial charge in [-0.1, -0.05) is 15.9 Å². The highest BCUT2D eigenvalue weighted by Crippen LogP contribution is 2.06. The molecule has 0 aliphatic rings. The SMILES string of the molecule is BrCCCCNCc1ccc(Br)cn1. The fourth-order valence-electron chi connectivity index (χ4n) is 1.07. The number of pyridine rings is 1. The van der Waals surface area contributed by atoms with E-state index in [1.165, 1.54) is 12.8 Å². The molecule has 0 aliphatic carbocycles. The molecule has 0 saturated carbocycles. The minimum atomic E-state index is 0.857. The molecule has 0 amide bonds. The van der Waals surface area contributed by atoms with Gasteiger partial charge in [-0.2, -0.15) is 0 Å². The number of hydrogen-bond donors (Lipinski definition) is 1. The van der Waals surface area contributed by atoms with E-state index in [4.69, 9.17) is 0 Å². The van der Waals surface area contributed by atoms with E-state index >= 15 is 0 Å². The highest BCUT2D eigenvalue weighted by molar-refractivity contribution is 9.10. The zero-order valence-electron chi connectivity index (χ0n) is 7.97. The van der Waals surface area contributed by atoms with Crippen LogP contribution < -0.4 is 5.32 Å². The van der Waals surface area contributed by atoms with Gasteiger partial charge >= 0.3 is 0 Å². The molecule has 1 N–H and O–H groups in total. The highest BCUT2D eigenvalue weighted by Gasteiger charge is 1.93. The van der Waals surface area contributed by atoms with Crippen molar-refractivity contribution in [3.05, 3.63) is 28.5 Å². The van der Waals surface area contributed by atoms with Crippen LogP contribution in [0.2, 0.25) is 0 Å². The summed E-state index contributed by atoms with van der Waals surface area (Å²) in [6.45, 7) is 1.92. The first-order valence-corrected chi connectivity index (χ1v) is 6.61. The van der Waals surface area contributed by atoms with Gasteiger partial charge in [0.05, 0.1) is 5.69 Å². The predicted molar refractivity (Wildman–Crippen MR) is 66.7 cm³/mol. The Morgan fingerprint density at radius 1 is 1.29 bits per heavy atom. The molecule has 1 aromatic heterocycles. The molecule has 0 unspecified atom stereocenters. The van der Waals surface area contributed by atoms with Crippen molar-refractivity contribution in [3.63, 3.8) is 0 Å². The Morgan fingerprint density at radius 2 is 2.14 bits per heavy atom. The Balaban J connectivity index is 2.15. The molecule has 0 bridgehead atoms. The molecule has 0 saturated heterocycles. The van der Waals surface area contributed by atoms with Crippen LogP contribution in [-0.4, -0.2) is 16.9 Å². The second-order valence-electron chi connectivity index (χ2n) is 3.04. The summed E-state index contributed by atoms with van der Waals surface area (Å²) in [6, 6.07) is 4.05. The van der Waals surface area contributed by atoms with Gasteiger partial charge < -0.3 is 5.32 Å². The van der Waals surface area contributed by atoms with Crippen LogP contribution in [0.3, 0.4) is 0 Å². The Hall–Kier alpha value is 0.0700. The highest BCUT2D eigenvalue weighted by atomic mass is 79.9. The summed E-state index contributed by atoms with van der Waals surface area (Å²) < 4.78 is 1.03. The Bertz CT molecular complexity index is 249. The number of halogens is 2. The number of nitrogens with one attached hydrogen (secondary N) is 1. The van der Waals surface area contributed by atoms with Crippen LogP contribution in [0.4, 0.5) is 0 Å². The molecule has 1 rings (SSSR count). The summed E-state index contributed by atoms with van der Waals surface area (Å²) >= 11 is 6.77. The van der Waals surface area contributed by atoms with Crippen LogP contribution in [0.1, 0.15) is 18.5 Å². The molecule has 2 nitrogen and oxygen atoms in total. The van der Waals surface area contributed by atoms with E-state index in [9.17, 15) is 0 Å². The van der Waals surface area contributed by atoms with Crippen molar-refractivity contribution >= 4 is 31.9 Å². The summed E-state index contributed by atoms with van der Waals surface area (Å²) in [4.78, 5) is 4.28. The minimum absolute atomic E-state index is 0.857. The average Bonchev–Trinajstić information content (AvgIpc) is 2.21. The summed E-state index contributed by atoms with van der Waals surface area (Å²) in [7, 11) is 0. The van der Waals surface area contributed by atoms with Gasteiger partial charge in [0.1, 0.15) is 0 Å². The largest absolute Gasteiger partial charge is 0.311 e. The lowest BCUT2D eigenvalue weighted by Crippen LogP contribution is -2.15. The first-order valence-electron chi connectivity index (χ1n) is 4.70. The number of aromatic nitrogens is 1. The first-order chi connectivity index (χ1) is 6.83. The molecule has 0 aromatic carbocycles. The summed E-state index contributed by atoms with van der Waals surface area (Å²) in [5.41, 5.74) is 1.09. The van der Waals surface area contributed by atoms with E-state index in [0.717, 1.165) is 28.6 Å². The van der Waals surface area contributed by atoms with E-state index in [2.05, 4.69) is 42.2 Å². The monoisotopic (exact) mass is 320 g/mol. The third kappa shape index (κ3) is 5.08. The van der Waals surface area contributed by atoms with Gasteiger partial charge in [0.2, 0.25) is 0 Å². The lowest BCUT2D eigenvalue weighted by molar-refractivity contribution is 0.636. The van der Waals surface area contributed by atoms with Crippen LogP contribution in [0.25, 0.3) is 0 Å². The van der Waals surface area contributed by atoms with Crippen molar-refractivity contribution in [1.29, 1.82) is 0 Å². The number of alkyl halides is 1. The number of rotatable bonds is 6. The van der Waals surface area contributed by atoms with E-state index in [-0.39, 0.29) is 0 Å². The van der Waals surface area contributed by atoms with E-state index in [0.29, 0.717) is 0 Å². The fourth-order valence-corrected chi connectivity index (χ4v) is 1.70. The first kappa shape index (κ1) is 12.1. The number of nitrogens with zero attached hydrogens (tertiary/aromatic N) is 1. The molecular weight excluding hydrogens is 308 g/mol. The molecule has 0 spiro atoms. The van der Waals surface area contributed by atoms with Gasteiger partial charge in [-0.25, -0.2) is 0 Å². The van der Waals surface area contributed by atoms with E-state index in [1.54, 1.807) is 0 Å². The fraction of sp³-hybridized carbons (Fsp3) is 0.500. The maximum absolute atomic E-state index is 4.28. The van der Waals surface area contributed by atoms with Crippen molar-refractivity contribution in [2.45, 2.75) is 19.4 Å². The zero-order valence-corrected chi connectivity index (χ0v) is 11.1. The Kier molecular flexibility index (Phi) is 6.39. The molecule has 1 aromatic rings. The van der Waals surface area contributed by atoms with Gasteiger partial charge in [0, 0.05) is 22.5 Å². The second kappa shape index (κ2) is 7.37. The Morgan fingerprint density at radius 3 is 2.79 bits per heavy atom. The van der Waals surface area contributed by atoms with E-state index < -0.39 is 0 Å². The lowest BCUT2D eigenvalue weighted by atomic mass is 10.3. The van der Waals surface area contributed by atoms with Crippen molar-refractivity contribution in [2.24, 2.45) is 0 Å². The zero-order chi connectivity index (χ0) is 10.2. The molecular formula is C10H14Br2N2. The molecule has 0 fully saturated rings. The molecule has 4 heteroatoms. The Labute approximate surface area is 102 Å². The molecule has 0 aliphatic heterocycles. The topological polar surface area (TPSA) is 24.9 Å². The van der Waals surface area contributed by atoms with Crippen molar-refractivity contribution < 1.29 is 0 Å². The van der Waals surface area contributed by atoms with Crippen LogP contribution in [-0.2, 0) is 6.54 Å². The maximum Gasteiger partial charge on any atom is 0.0542 e. The van der Waals surface area contributed by atoms with Crippen molar-refractivity contribution in [2.75, 3.05) is 11.9 Å². The second-order valence-corrected chi connectivity index (χ2v) is 4.75. The smallest absolute Gasteiger partial charge is 0.0542 e. The summed E-state index contributed by atoms with van der Waals surface area (Å²) in [5, 5.41) is 4.45. The van der Waals surface area contributed by atoms with Gasteiger partial charge in [-0.15, -0.1) is 0 Å². The third-order valence-electron chi connectivity index (χ3n) is 1.83. The predicted octanol–water partition coefficient (Wildman–Crippen LogP) is 3.11. The van der Waals surface area contributed by atoms with Crippen LogP contribution in [0.15, 0.2) is 22.8 Å². The number of unbranched alkanes of at least 4 members (excludes halogenated alkanes) is 1. The van der Waals surface area contributed by atoms with Gasteiger partial charge in [0.25, 0.3) is 0 Å². The quantitative estimate of drug-likeness (QED) is 0.643. The minimum Gasteiger partial charge on any atom is -0.311 e. The number of hydrogen-bond acceptors (Lipinski definition) is 2. The van der Waals surface area contributed by atoms with Gasteiger partial charge in [0.15, 0.2) is 0 Å². The molecule has 0 atom stereocenters. The standard InChI is InChI=1S/C10H14Br2N2/c11-5-1-2-6-13-8-10-4-3-9(12)7-14-10/h3-4,7,13H,1-2,5-6,8H2. The van der Waals surface area contributed by atoms with Crippen LogP contribution in [0, 0.1) is 0 Å². The summed E-state index contributed by atoms with van der Waals surface area (Å²) in [6.07, 6.45) is 4.26. The van der Waals surface area contributed by atoms with Gasteiger partial charge in [-0.3, -0.25) is 4.98 Å². The van der Waals surface area contributed by atoms with Crippen LogP contribution >= 0.6 is 31.9 Å². The van der Waals surface area contributed by atoms with Crippen molar-refractivity contribution in [3.8, 4) is 0 Å².